The molecule has 1 atom stereocenters. The van der Waals surface area contributed by atoms with E-state index in [0.29, 0.717) is 45.9 Å². The Hall–Kier alpha value is -3.71. The third kappa shape index (κ3) is 5.26. The van der Waals surface area contributed by atoms with Gasteiger partial charge in [0, 0.05) is 10.6 Å². The number of hydrogen-bond acceptors (Lipinski definition) is 6. The van der Waals surface area contributed by atoms with Crippen molar-refractivity contribution in [1.82, 2.24) is 4.90 Å². The van der Waals surface area contributed by atoms with Crippen LogP contribution < -0.4 is 9.47 Å². The smallest absolute Gasteiger partial charge is 0.296 e. The SMILES string of the molecule is COc1cc(C2C(=C(O)c3ccc(Cl)cc3)C(=O)C(=O)N2Cc2ccco2)ccc1OCCC(C)C. The molecular formula is C28H28ClNO6. The number of furan rings is 1. The topological polar surface area (TPSA) is 89.2 Å². The maximum atomic E-state index is 13.2. The molecule has 3 aromatic rings. The van der Waals surface area contributed by atoms with E-state index in [1.54, 1.807) is 54.6 Å². The number of methoxy groups -OCH3 is 1. The van der Waals surface area contributed by atoms with Gasteiger partial charge in [-0.1, -0.05) is 31.5 Å². The minimum Gasteiger partial charge on any atom is -0.507 e. The molecule has 1 saturated heterocycles. The summed E-state index contributed by atoms with van der Waals surface area (Å²) in [6, 6.07) is 14.2. The minimum atomic E-state index is -0.871. The van der Waals surface area contributed by atoms with Crippen LogP contribution in [0.2, 0.25) is 5.02 Å². The summed E-state index contributed by atoms with van der Waals surface area (Å²) in [6.45, 7) is 4.81. The van der Waals surface area contributed by atoms with E-state index in [9.17, 15) is 14.7 Å². The zero-order valence-electron chi connectivity index (χ0n) is 20.4. The molecule has 7 nitrogen and oxygen atoms in total. The molecule has 2 aromatic carbocycles. The van der Waals surface area contributed by atoms with Crippen LogP contribution in [0.15, 0.2) is 70.9 Å². The molecule has 1 unspecified atom stereocenters. The van der Waals surface area contributed by atoms with E-state index in [1.807, 2.05) is 0 Å². The summed E-state index contributed by atoms with van der Waals surface area (Å²) in [6.07, 6.45) is 2.39. The van der Waals surface area contributed by atoms with Gasteiger partial charge in [0.05, 0.1) is 38.1 Å². The molecule has 1 amide bonds. The monoisotopic (exact) mass is 509 g/mol. The van der Waals surface area contributed by atoms with Crippen LogP contribution in [0.25, 0.3) is 5.76 Å². The normalized spacial score (nSPS) is 17.1. The van der Waals surface area contributed by atoms with Crippen molar-refractivity contribution < 1.29 is 28.6 Å². The number of rotatable bonds is 9. The van der Waals surface area contributed by atoms with Gasteiger partial charge in [0.15, 0.2) is 11.5 Å². The lowest BCUT2D eigenvalue weighted by Crippen LogP contribution is -2.29. The Bertz CT molecular complexity index is 1260. The van der Waals surface area contributed by atoms with Crippen molar-refractivity contribution >= 4 is 29.1 Å². The fourth-order valence-corrected chi connectivity index (χ4v) is 4.23. The van der Waals surface area contributed by atoms with Crippen molar-refractivity contribution in [3.63, 3.8) is 0 Å². The molecule has 2 heterocycles. The number of ketones is 1. The molecule has 4 rings (SSSR count). The van der Waals surface area contributed by atoms with Crippen LogP contribution in [-0.2, 0) is 16.1 Å². The predicted molar refractivity (Wildman–Crippen MR) is 136 cm³/mol. The summed E-state index contributed by atoms with van der Waals surface area (Å²) in [7, 11) is 1.53. The molecule has 0 spiro atoms. The van der Waals surface area contributed by atoms with Gasteiger partial charge in [-0.15, -0.1) is 0 Å². The second kappa shape index (κ2) is 10.9. The average molecular weight is 510 g/mol. The highest BCUT2D eigenvalue weighted by Crippen LogP contribution is 2.42. The van der Waals surface area contributed by atoms with Crippen molar-refractivity contribution in [2.45, 2.75) is 32.9 Å². The van der Waals surface area contributed by atoms with Crippen LogP contribution in [0.3, 0.4) is 0 Å². The van der Waals surface area contributed by atoms with Crippen LogP contribution in [0.4, 0.5) is 0 Å². The van der Waals surface area contributed by atoms with Gasteiger partial charge >= 0.3 is 0 Å². The number of Topliss-reactive ketones (excluding diaryl/α,β-unsaturated/α-hetero) is 1. The van der Waals surface area contributed by atoms with Crippen LogP contribution in [-0.4, -0.2) is 35.4 Å². The number of carbonyl (C=O) groups excluding carboxylic acids is 2. The van der Waals surface area contributed by atoms with Gasteiger partial charge in [-0.3, -0.25) is 9.59 Å². The molecule has 1 aliphatic heterocycles. The number of nitrogens with zero attached hydrogens (tertiary/aromatic N) is 1. The third-order valence-electron chi connectivity index (χ3n) is 6.02. The van der Waals surface area contributed by atoms with Crippen LogP contribution >= 0.6 is 11.6 Å². The predicted octanol–water partition coefficient (Wildman–Crippen LogP) is 5.99. The van der Waals surface area contributed by atoms with Crippen molar-refractivity contribution in [2.24, 2.45) is 5.92 Å². The highest BCUT2D eigenvalue weighted by atomic mass is 35.5. The van der Waals surface area contributed by atoms with E-state index in [4.69, 9.17) is 25.5 Å². The van der Waals surface area contributed by atoms with E-state index >= 15 is 0 Å². The fourth-order valence-electron chi connectivity index (χ4n) is 4.10. The molecule has 188 valence electrons. The molecule has 36 heavy (non-hydrogen) atoms. The highest BCUT2D eigenvalue weighted by Gasteiger charge is 2.46. The molecule has 0 radical (unpaired) electrons. The summed E-state index contributed by atoms with van der Waals surface area (Å²) in [4.78, 5) is 27.8. The Morgan fingerprint density at radius 1 is 1.11 bits per heavy atom. The molecular weight excluding hydrogens is 482 g/mol. The van der Waals surface area contributed by atoms with Crippen LogP contribution in [0, 0.1) is 5.92 Å². The van der Waals surface area contributed by atoms with E-state index in [2.05, 4.69) is 13.8 Å². The number of hydrogen-bond donors (Lipinski definition) is 1. The molecule has 1 aromatic heterocycles. The van der Waals surface area contributed by atoms with E-state index < -0.39 is 17.7 Å². The zero-order valence-corrected chi connectivity index (χ0v) is 21.1. The summed E-state index contributed by atoms with van der Waals surface area (Å²) in [5.74, 6) is 0.221. The summed E-state index contributed by atoms with van der Waals surface area (Å²) < 4.78 is 16.9. The van der Waals surface area contributed by atoms with Gasteiger partial charge in [-0.25, -0.2) is 0 Å². The Morgan fingerprint density at radius 2 is 1.86 bits per heavy atom. The van der Waals surface area contributed by atoms with E-state index in [1.165, 1.54) is 18.3 Å². The number of likely N-dealkylation sites (tertiary alicyclic amines) is 1. The van der Waals surface area contributed by atoms with Crippen LogP contribution in [0.5, 0.6) is 11.5 Å². The molecule has 0 bridgehead atoms. The van der Waals surface area contributed by atoms with Gasteiger partial charge in [0.25, 0.3) is 11.7 Å². The lowest BCUT2D eigenvalue weighted by Gasteiger charge is -2.25. The lowest BCUT2D eigenvalue weighted by molar-refractivity contribution is -0.140. The van der Waals surface area contributed by atoms with Gasteiger partial charge in [-0.2, -0.15) is 0 Å². The summed E-state index contributed by atoms with van der Waals surface area (Å²) in [5.41, 5.74) is 0.940. The Kier molecular flexibility index (Phi) is 7.70. The molecule has 0 aliphatic carbocycles. The van der Waals surface area contributed by atoms with Crippen molar-refractivity contribution in [3.05, 3.63) is 88.3 Å². The average Bonchev–Trinajstić information content (AvgIpc) is 3.46. The zero-order chi connectivity index (χ0) is 25.8. The standard InChI is InChI=1S/C28H28ClNO6/c1-17(2)12-14-36-22-11-8-19(15-23(22)34-3)25-24(26(31)18-6-9-20(29)10-7-18)27(32)28(33)30(25)16-21-5-4-13-35-21/h4-11,13,15,17,25,31H,12,14,16H2,1-3H3. The number of amides is 1. The fraction of sp³-hybridized carbons (Fsp3) is 0.286. The Labute approximate surface area is 214 Å². The van der Waals surface area contributed by atoms with Gasteiger partial charge < -0.3 is 23.9 Å². The van der Waals surface area contributed by atoms with Crippen molar-refractivity contribution in [2.75, 3.05) is 13.7 Å². The molecule has 1 N–H and O–H groups in total. The largest absolute Gasteiger partial charge is 0.507 e. The number of aliphatic hydroxyl groups is 1. The maximum absolute atomic E-state index is 13.2. The lowest BCUT2D eigenvalue weighted by atomic mass is 9.95. The number of benzene rings is 2. The molecule has 1 fully saturated rings. The Balaban J connectivity index is 1.79. The number of ether oxygens (including phenoxy) is 2. The number of carbonyl (C=O) groups is 2. The van der Waals surface area contributed by atoms with Crippen molar-refractivity contribution in [3.8, 4) is 11.5 Å². The summed E-state index contributed by atoms with van der Waals surface area (Å²) in [5, 5.41) is 11.7. The third-order valence-corrected chi connectivity index (χ3v) is 6.27. The second-order valence-electron chi connectivity index (χ2n) is 8.95. The quantitative estimate of drug-likeness (QED) is 0.216. The number of halogens is 1. The minimum absolute atomic E-state index is 0.0237. The van der Waals surface area contributed by atoms with Gasteiger partial charge in [0.1, 0.15) is 11.5 Å². The first-order valence-corrected chi connectivity index (χ1v) is 12.1. The molecule has 0 saturated carbocycles. The van der Waals surface area contributed by atoms with Gasteiger partial charge in [0.2, 0.25) is 0 Å². The molecule has 1 aliphatic rings. The first-order valence-electron chi connectivity index (χ1n) is 11.7. The first-order chi connectivity index (χ1) is 17.3. The highest BCUT2D eigenvalue weighted by molar-refractivity contribution is 6.46. The van der Waals surface area contributed by atoms with Crippen LogP contribution in [0.1, 0.15) is 43.2 Å². The van der Waals surface area contributed by atoms with E-state index in [-0.39, 0.29) is 17.9 Å². The van der Waals surface area contributed by atoms with Gasteiger partial charge in [-0.05, 0) is 66.4 Å². The first kappa shape index (κ1) is 25.4. The second-order valence-corrected chi connectivity index (χ2v) is 9.39. The van der Waals surface area contributed by atoms with Crippen molar-refractivity contribution in [1.29, 1.82) is 0 Å². The van der Waals surface area contributed by atoms with E-state index in [0.717, 1.165) is 6.42 Å². The Morgan fingerprint density at radius 3 is 2.50 bits per heavy atom. The molecule has 8 heteroatoms. The maximum Gasteiger partial charge on any atom is 0.296 e. The number of aliphatic hydroxyl groups excluding tert-OH is 1. The summed E-state index contributed by atoms with van der Waals surface area (Å²) >= 11 is 5.99.